The average molecular weight is 439 g/mol. The molecule has 5 rings (SSSR count). The first-order valence-electron chi connectivity index (χ1n) is 12.7. The largest absolute Gasteiger partial charge is 0.390 e. The van der Waals surface area contributed by atoms with Crippen molar-refractivity contribution in [3.8, 4) is 6.07 Å². The molecular weight excluding hydrogens is 400 g/mol. The zero-order chi connectivity index (χ0) is 22.9. The van der Waals surface area contributed by atoms with Gasteiger partial charge in [0.15, 0.2) is 11.5 Å². The molecule has 1 aromatic heterocycles. The quantitative estimate of drug-likeness (QED) is 0.739. The summed E-state index contributed by atoms with van der Waals surface area (Å²) in [5.41, 5.74) is 0.167. The van der Waals surface area contributed by atoms with Crippen molar-refractivity contribution in [3.05, 3.63) is 11.9 Å². The first kappa shape index (κ1) is 22.1. The molecule has 4 aliphatic carbocycles. The molecule has 1 aromatic rings. The lowest BCUT2D eigenvalue weighted by Gasteiger charge is -2.61. The Morgan fingerprint density at radius 3 is 2.59 bits per heavy atom. The highest BCUT2D eigenvalue weighted by Gasteiger charge is 2.62. The third kappa shape index (κ3) is 3.18. The van der Waals surface area contributed by atoms with Crippen LogP contribution in [0.15, 0.2) is 6.20 Å². The Morgan fingerprint density at radius 1 is 1.12 bits per heavy atom. The lowest BCUT2D eigenvalue weighted by atomic mass is 9.44. The molecule has 1 N–H and O–H groups in total. The van der Waals surface area contributed by atoms with E-state index in [1.54, 1.807) is 0 Å². The van der Waals surface area contributed by atoms with Gasteiger partial charge in [-0.25, -0.2) is 0 Å². The molecule has 0 bridgehead atoms. The van der Waals surface area contributed by atoms with Crippen molar-refractivity contribution >= 4 is 5.78 Å². The van der Waals surface area contributed by atoms with E-state index in [9.17, 15) is 9.90 Å². The second kappa shape index (κ2) is 7.38. The van der Waals surface area contributed by atoms with Crippen molar-refractivity contribution in [1.82, 2.24) is 15.0 Å². The highest BCUT2D eigenvalue weighted by molar-refractivity contribution is 5.85. The van der Waals surface area contributed by atoms with Crippen LogP contribution in [0.25, 0.3) is 0 Å². The Hall–Kier alpha value is -1.74. The molecule has 1 heterocycles. The predicted octanol–water partition coefficient (Wildman–Crippen LogP) is 4.69. The molecular formula is C26H38N4O2. The summed E-state index contributed by atoms with van der Waals surface area (Å²) in [4.78, 5) is 15.0. The van der Waals surface area contributed by atoms with Gasteiger partial charge in [-0.3, -0.25) is 4.79 Å². The third-order valence-electron chi connectivity index (χ3n) is 10.7. The summed E-state index contributed by atoms with van der Waals surface area (Å²) in [5, 5.41) is 28.1. The van der Waals surface area contributed by atoms with Gasteiger partial charge in [0.05, 0.1) is 11.8 Å². The summed E-state index contributed by atoms with van der Waals surface area (Å²) in [7, 11) is 0. The number of nitriles is 1. The van der Waals surface area contributed by atoms with Gasteiger partial charge in [-0.15, -0.1) is 5.10 Å². The summed E-state index contributed by atoms with van der Waals surface area (Å²) < 4.78 is 0. The van der Waals surface area contributed by atoms with Crippen LogP contribution in [0.4, 0.5) is 0 Å². The molecule has 0 amide bonds. The lowest BCUT2D eigenvalue weighted by molar-refractivity contribution is -0.151. The van der Waals surface area contributed by atoms with E-state index in [-0.39, 0.29) is 22.8 Å². The molecule has 0 saturated heterocycles. The molecule has 32 heavy (non-hydrogen) atoms. The maximum Gasteiger partial charge on any atom is 0.182 e. The van der Waals surface area contributed by atoms with Crippen molar-refractivity contribution in [2.24, 2.45) is 40.4 Å². The van der Waals surface area contributed by atoms with Crippen LogP contribution in [0, 0.1) is 51.8 Å². The summed E-state index contributed by atoms with van der Waals surface area (Å²) in [6.45, 7) is 8.81. The smallest absolute Gasteiger partial charge is 0.182 e. The second-order valence-electron chi connectivity index (χ2n) is 12.3. The Morgan fingerprint density at radius 2 is 1.88 bits per heavy atom. The van der Waals surface area contributed by atoms with Gasteiger partial charge < -0.3 is 5.11 Å². The van der Waals surface area contributed by atoms with E-state index in [0.717, 1.165) is 44.4 Å². The SMILES string of the molecule is C[C@@H](C(=O)[C@H]1CC[C@H]2[C@@H]3CC[C@H]4C[C@](C)(O)CC[C@]4(C)[C@H]3CC[C@]12C)n1ncc(C#N)n1. The van der Waals surface area contributed by atoms with E-state index in [1.165, 1.54) is 30.3 Å². The van der Waals surface area contributed by atoms with Gasteiger partial charge in [-0.1, -0.05) is 13.8 Å². The van der Waals surface area contributed by atoms with Crippen molar-refractivity contribution in [1.29, 1.82) is 5.26 Å². The zero-order valence-corrected chi connectivity index (χ0v) is 20.0. The first-order valence-corrected chi connectivity index (χ1v) is 12.7. The Labute approximate surface area is 191 Å². The van der Waals surface area contributed by atoms with Crippen LogP contribution >= 0.6 is 0 Å². The van der Waals surface area contributed by atoms with Crippen LogP contribution in [0.1, 0.15) is 97.2 Å². The third-order valence-corrected chi connectivity index (χ3v) is 10.7. The number of fused-ring (bicyclic) bond motifs is 5. The van der Waals surface area contributed by atoms with Crippen LogP contribution in [0.2, 0.25) is 0 Å². The van der Waals surface area contributed by atoms with Gasteiger partial charge >= 0.3 is 0 Å². The zero-order valence-electron chi connectivity index (χ0n) is 20.0. The number of carbonyl (C=O) groups excluding carboxylic acids is 1. The molecule has 4 saturated carbocycles. The number of hydrogen-bond donors (Lipinski definition) is 1. The number of aliphatic hydroxyl groups is 1. The van der Waals surface area contributed by atoms with Gasteiger partial charge in [0, 0.05) is 5.92 Å². The monoisotopic (exact) mass is 438 g/mol. The molecule has 174 valence electrons. The van der Waals surface area contributed by atoms with Gasteiger partial charge in [-0.2, -0.15) is 15.2 Å². The minimum atomic E-state index is -0.493. The Kier molecular flexibility index (Phi) is 5.09. The van der Waals surface area contributed by atoms with E-state index in [1.807, 2.05) is 19.9 Å². The van der Waals surface area contributed by atoms with Crippen LogP contribution < -0.4 is 0 Å². The second-order valence-corrected chi connectivity index (χ2v) is 12.3. The molecule has 0 radical (unpaired) electrons. The van der Waals surface area contributed by atoms with Crippen LogP contribution in [0.5, 0.6) is 0 Å². The number of carbonyl (C=O) groups is 1. The number of nitrogens with zero attached hydrogens (tertiary/aromatic N) is 4. The highest BCUT2D eigenvalue weighted by Crippen LogP contribution is 2.68. The number of aromatic nitrogens is 3. The van der Waals surface area contributed by atoms with E-state index < -0.39 is 11.6 Å². The number of Topliss-reactive ketones (excluding diaryl/α,β-unsaturated/α-hetero) is 1. The summed E-state index contributed by atoms with van der Waals surface area (Å²) >= 11 is 0. The Bertz CT molecular complexity index is 948. The molecule has 4 aliphatic rings. The van der Waals surface area contributed by atoms with Crippen molar-refractivity contribution in [2.45, 2.75) is 97.1 Å². The van der Waals surface area contributed by atoms with E-state index in [0.29, 0.717) is 23.2 Å². The maximum absolute atomic E-state index is 13.6. The van der Waals surface area contributed by atoms with Crippen molar-refractivity contribution in [3.63, 3.8) is 0 Å². The van der Waals surface area contributed by atoms with Gasteiger partial charge in [-0.05, 0) is 106 Å². The molecule has 6 nitrogen and oxygen atoms in total. The number of ketones is 1. The number of rotatable bonds is 3. The fourth-order valence-corrected chi connectivity index (χ4v) is 8.82. The molecule has 9 atom stereocenters. The molecule has 4 fully saturated rings. The van der Waals surface area contributed by atoms with Gasteiger partial charge in [0.2, 0.25) is 0 Å². The van der Waals surface area contributed by atoms with Crippen LogP contribution in [-0.2, 0) is 4.79 Å². The molecule has 0 aromatic carbocycles. The first-order chi connectivity index (χ1) is 15.1. The predicted molar refractivity (Wildman–Crippen MR) is 120 cm³/mol. The fourth-order valence-electron chi connectivity index (χ4n) is 8.82. The van der Waals surface area contributed by atoms with Crippen LogP contribution in [-0.4, -0.2) is 31.5 Å². The topological polar surface area (TPSA) is 91.8 Å². The molecule has 0 unspecified atom stereocenters. The average Bonchev–Trinajstić information content (AvgIpc) is 3.37. The minimum absolute atomic E-state index is 0.0533. The maximum atomic E-state index is 13.6. The summed E-state index contributed by atoms with van der Waals surface area (Å²) in [6.07, 6.45) is 11.4. The summed E-state index contributed by atoms with van der Waals surface area (Å²) in [5.74, 6) is 2.98. The molecule has 0 spiro atoms. The van der Waals surface area contributed by atoms with E-state index >= 15 is 0 Å². The Balaban J connectivity index is 1.36. The fraction of sp³-hybridized carbons (Fsp3) is 0.846. The lowest BCUT2D eigenvalue weighted by Crippen LogP contribution is -2.55. The molecule has 0 aliphatic heterocycles. The minimum Gasteiger partial charge on any atom is -0.390 e. The van der Waals surface area contributed by atoms with E-state index in [4.69, 9.17) is 5.26 Å². The normalized spacial score (nSPS) is 46.4. The van der Waals surface area contributed by atoms with Crippen LogP contribution in [0.3, 0.4) is 0 Å². The van der Waals surface area contributed by atoms with Gasteiger partial charge in [0.1, 0.15) is 12.1 Å². The van der Waals surface area contributed by atoms with Gasteiger partial charge in [0.25, 0.3) is 0 Å². The van der Waals surface area contributed by atoms with Crippen molar-refractivity contribution < 1.29 is 9.90 Å². The summed E-state index contributed by atoms with van der Waals surface area (Å²) in [6, 6.07) is 1.58. The van der Waals surface area contributed by atoms with Crippen molar-refractivity contribution in [2.75, 3.05) is 0 Å². The standard InChI is InChI=1S/C26H38N4O2/c1-16(30-28-15-18(14-27)29-30)23(31)22-8-7-20-19-6-5-17-13-24(2,32)11-12-25(17,3)21(19)9-10-26(20,22)4/h15-17,19-22,32H,5-13H2,1-4H3/t16-,17-,19-,20-,21-,22+,24+,25-,26-/m0/s1. The highest BCUT2D eigenvalue weighted by atomic mass is 16.3. The molecule has 6 heteroatoms. The van der Waals surface area contributed by atoms with E-state index in [2.05, 4.69) is 24.0 Å². The number of hydrogen-bond acceptors (Lipinski definition) is 5.